The summed E-state index contributed by atoms with van der Waals surface area (Å²) in [5.74, 6) is 1.57. The molecule has 0 saturated heterocycles. The second-order valence-corrected chi connectivity index (χ2v) is 4.17. The quantitative estimate of drug-likeness (QED) is 0.877. The van der Waals surface area contributed by atoms with Gasteiger partial charge in [-0.3, -0.25) is 9.67 Å². The second-order valence-electron chi connectivity index (χ2n) is 4.17. The SMILES string of the molecule is CCNCc1cnc(C)cc1Oc1cnn(C)c1. The number of ether oxygens (including phenoxy) is 1. The van der Waals surface area contributed by atoms with Gasteiger partial charge in [-0.1, -0.05) is 6.92 Å². The highest BCUT2D eigenvalue weighted by Gasteiger charge is 2.07. The molecule has 2 aromatic rings. The highest BCUT2D eigenvalue weighted by atomic mass is 16.5. The molecule has 0 fully saturated rings. The zero-order valence-electron chi connectivity index (χ0n) is 11.0. The molecule has 0 spiro atoms. The number of aromatic nitrogens is 3. The van der Waals surface area contributed by atoms with Gasteiger partial charge < -0.3 is 10.1 Å². The molecule has 2 rings (SSSR count). The van der Waals surface area contributed by atoms with Gasteiger partial charge in [-0.15, -0.1) is 0 Å². The Labute approximate surface area is 107 Å². The van der Waals surface area contributed by atoms with Crippen LogP contribution in [0.15, 0.2) is 24.7 Å². The van der Waals surface area contributed by atoms with E-state index >= 15 is 0 Å². The van der Waals surface area contributed by atoms with Gasteiger partial charge in [0, 0.05) is 37.1 Å². The van der Waals surface area contributed by atoms with E-state index in [-0.39, 0.29) is 0 Å². The smallest absolute Gasteiger partial charge is 0.165 e. The molecule has 1 N–H and O–H groups in total. The Morgan fingerprint density at radius 2 is 2.22 bits per heavy atom. The van der Waals surface area contributed by atoms with Crippen LogP contribution in [0.25, 0.3) is 0 Å². The summed E-state index contributed by atoms with van der Waals surface area (Å²) in [6, 6.07) is 1.94. The minimum absolute atomic E-state index is 0.737. The van der Waals surface area contributed by atoms with E-state index in [0.29, 0.717) is 0 Å². The molecule has 96 valence electrons. The second kappa shape index (κ2) is 5.64. The summed E-state index contributed by atoms with van der Waals surface area (Å²) < 4.78 is 7.56. The van der Waals surface area contributed by atoms with Crippen LogP contribution >= 0.6 is 0 Å². The van der Waals surface area contributed by atoms with E-state index in [1.165, 1.54) is 0 Å². The van der Waals surface area contributed by atoms with Crippen molar-refractivity contribution in [1.29, 1.82) is 0 Å². The molecule has 0 unspecified atom stereocenters. The average Bonchev–Trinajstić information content (AvgIpc) is 2.74. The van der Waals surface area contributed by atoms with Crippen LogP contribution in [0.2, 0.25) is 0 Å². The fourth-order valence-electron chi connectivity index (χ4n) is 1.63. The summed E-state index contributed by atoms with van der Waals surface area (Å²) in [5.41, 5.74) is 1.99. The molecule has 0 bridgehead atoms. The predicted octanol–water partition coefficient (Wildman–Crippen LogP) is 2.03. The van der Waals surface area contributed by atoms with Gasteiger partial charge in [-0.2, -0.15) is 5.10 Å². The monoisotopic (exact) mass is 246 g/mol. The van der Waals surface area contributed by atoms with Crippen LogP contribution in [0.1, 0.15) is 18.2 Å². The summed E-state index contributed by atoms with van der Waals surface area (Å²) in [6.07, 6.45) is 5.39. The molecule has 0 aliphatic rings. The maximum absolute atomic E-state index is 5.84. The lowest BCUT2D eigenvalue weighted by molar-refractivity contribution is 0.471. The van der Waals surface area contributed by atoms with Crippen LogP contribution in [0, 0.1) is 6.92 Å². The van der Waals surface area contributed by atoms with Crippen molar-refractivity contribution in [1.82, 2.24) is 20.1 Å². The van der Waals surface area contributed by atoms with E-state index in [9.17, 15) is 0 Å². The van der Waals surface area contributed by atoms with Gasteiger partial charge in [0.15, 0.2) is 5.75 Å². The van der Waals surface area contributed by atoms with Crippen LogP contribution in [-0.2, 0) is 13.6 Å². The van der Waals surface area contributed by atoms with Crippen LogP contribution in [0.3, 0.4) is 0 Å². The molecule has 0 atom stereocenters. The molecule has 5 heteroatoms. The van der Waals surface area contributed by atoms with Gasteiger partial charge in [-0.25, -0.2) is 0 Å². The van der Waals surface area contributed by atoms with E-state index in [1.54, 1.807) is 10.9 Å². The first-order valence-electron chi connectivity index (χ1n) is 6.01. The maximum Gasteiger partial charge on any atom is 0.165 e. The zero-order valence-corrected chi connectivity index (χ0v) is 11.0. The molecule has 5 nitrogen and oxygen atoms in total. The first-order valence-corrected chi connectivity index (χ1v) is 6.01. The molecular formula is C13H18N4O. The molecule has 0 aliphatic heterocycles. The van der Waals surface area contributed by atoms with Crippen molar-refractivity contribution in [2.45, 2.75) is 20.4 Å². The van der Waals surface area contributed by atoms with Crippen LogP contribution in [0.4, 0.5) is 0 Å². The van der Waals surface area contributed by atoms with Gasteiger partial charge in [0.2, 0.25) is 0 Å². The molecule has 0 amide bonds. The van der Waals surface area contributed by atoms with Gasteiger partial charge in [0.1, 0.15) is 5.75 Å². The molecule has 2 aromatic heterocycles. The van der Waals surface area contributed by atoms with Gasteiger partial charge >= 0.3 is 0 Å². The summed E-state index contributed by atoms with van der Waals surface area (Å²) in [7, 11) is 1.87. The largest absolute Gasteiger partial charge is 0.454 e. The Kier molecular flexibility index (Phi) is 3.94. The Hall–Kier alpha value is -1.88. The molecular weight excluding hydrogens is 228 g/mol. The summed E-state index contributed by atoms with van der Waals surface area (Å²) in [6.45, 7) is 5.69. The van der Waals surface area contributed by atoms with Crippen LogP contribution < -0.4 is 10.1 Å². The first kappa shape index (κ1) is 12.6. The molecule has 18 heavy (non-hydrogen) atoms. The van der Waals surface area contributed by atoms with E-state index in [2.05, 4.69) is 22.3 Å². The minimum Gasteiger partial charge on any atom is -0.454 e. The normalized spacial score (nSPS) is 10.6. The topological polar surface area (TPSA) is 52.0 Å². The van der Waals surface area contributed by atoms with Gasteiger partial charge in [0.25, 0.3) is 0 Å². The lowest BCUT2D eigenvalue weighted by Crippen LogP contribution is -2.12. The Bertz CT molecular complexity index is 521. The molecule has 2 heterocycles. The van der Waals surface area contributed by atoms with E-state index in [4.69, 9.17) is 4.74 Å². The van der Waals surface area contributed by atoms with Gasteiger partial charge in [0.05, 0.1) is 12.4 Å². The van der Waals surface area contributed by atoms with E-state index < -0.39 is 0 Å². The number of nitrogens with one attached hydrogen (secondary N) is 1. The number of aryl methyl sites for hydroxylation is 2. The number of hydrogen-bond donors (Lipinski definition) is 1. The van der Waals surface area contributed by atoms with Crippen molar-refractivity contribution in [3.8, 4) is 11.5 Å². The number of nitrogens with zero attached hydrogens (tertiary/aromatic N) is 3. The van der Waals surface area contributed by atoms with Crippen molar-refractivity contribution in [2.24, 2.45) is 7.05 Å². The minimum atomic E-state index is 0.737. The molecule has 0 radical (unpaired) electrons. The fraction of sp³-hybridized carbons (Fsp3) is 0.385. The summed E-state index contributed by atoms with van der Waals surface area (Å²) in [5, 5.41) is 7.36. The van der Waals surface area contributed by atoms with Crippen LogP contribution in [0.5, 0.6) is 11.5 Å². The number of rotatable bonds is 5. The average molecular weight is 246 g/mol. The van der Waals surface area contributed by atoms with Crippen molar-refractivity contribution in [2.75, 3.05) is 6.54 Å². The van der Waals surface area contributed by atoms with Gasteiger partial charge in [-0.05, 0) is 13.5 Å². The molecule has 0 saturated carbocycles. The predicted molar refractivity (Wildman–Crippen MR) is 69.6 cm³/mol. The summed E-state index contributed by atoms with van der Waals surface area (Å²) in [4.78, 5) is 4.30. The maximum atomic E-state index is 5.84. The zero-order chi connectivity index (χ0) is 13.0. The third kappa shape index (κ3) is 3.07. The lowest BCUT2D eigenvalue weighted by Gasteiger charge is -2.10. The molecule has 0 aliphatic carbocycles. The lowest BCUT2D eigenvalue weighted by atomic mass is 10.2. The number of pyridine rings is 1. The highest BCUT2D eigenvalue weighted by Crippen LogP contribution is 2.25. The standard InChI is InChI=1S/C13H18N4O/c1-4-14-6-11-7-15-10(2)5-13(11)18-12-8-16-17(3)9-12/h5,7-9,14H,4,6H2,1-3H3. The van der Waals surface area contributed by atoms with Crippen molar-refractivity contribution < 1.29 is 4.74 Å². The molecule has 0 aromatic carbocycles. The Balaban J connectivity index is 2.21. The van der Waals surface area contributed by atoms with Crippen molar-refractivity contribution >= 4 is 0 Å². The third-order valence-electron chi connectivity index (χ3n) is 2.55. The number of hydrogen-bond acceptors (Lipinski definition) is 4. The summed E-state index contributed by atoms with van der Waals surface area (Å²) >= 11 is 0. The Morgan fingerprint density at radius 1 is 1.39 bits per heavy atom. The highest BCUT2D eigenvalue weighted by molar-refractivity contribution is 5.36. The third-order valence-corrected chi connectivity index (χ3v) is 2.55. The van der Waals surface area contributed by atoms with E-state index in [0.717, 1.165) is 35.8 Å². The van der Waals surface area contributed by atoms with Crippen molar-refractivity contribution in [3.63, 3.8) is 0 Å². The fourth-order valence-corrected chi connectivity index (χ4v) is 1.63. The first-order chi connectivity index (χ1) is 8.69. The Morgan fingerprint density at radius 3 is 2.89 bits per heavy atom. The van der Waals surface area contributed by atoms with Crippen LogP contribution in [-0.4, -0.2) is 21.3 Å². The van der Waals surface area contributed by atoms with Crippen molar-refractivity contribution in [3.05, 3.63) is 35.9 Å². The van der Waals surface area contributed by atoms with E-state index in [1.807, 2.05) is 32.4 Å².